The molecule has 0 radical (unpaired) electrons. The maximum Gasteiger partial charge on any atom is 0.138 e. The summed E-state index contributed by atoms with van der Waals surface area (Å²) in [5, 5.41) is 4.31. The first-order chi connectivity index (χ1) is 10.0. The van der Waals surface area contributed by atoms with Gasteiger partial charge >= 0.3 is 0 Å². The molecule has 1 unspecified atom stereocenters. The van der Waals surface area contributed by atoms with Gasteiger partial charge < -0.3 is 0 Å². The van der Waals surface area contributed by atoms with Crippen LogP contribution in [0.5, 0.6) is 0 Å². The van der Waals surface area contributed by atoms with Crippen molar-refractivity contribution in [2.75, 3.05) is 0 Å². The second-order valence-corrected chi connectivity index (χ2v) is 6.02. The molecule has 1 aromatic carbocycles. The first kappa shape index (κ1) is 15.7. The summed E-state index contributed by atoms with van der Waals surface area (Å²) in [5.41, 5.74) is 6.65. The minimum atomic E-state index is 0.0411. The molecule has 5 nitrogen and oxygen atoms in total. The Kier molecular flexibility index (Phi) is 5.09. The molecular formula is C16H25N5. The molecule has 5 heteroatoms. The van der Waals surface area contributed by atoms with Crippen molar-refractivity contribution in [3.63, 3.8) is 0 Å². The third-order valence-corrected chi connectivity index (χ3v) is 3.76. The van der Waals surface area contributed by atoms with E-state index in [9.17, 15) is 0 Å². The molecule has 1 atom stereocenters. The van der Waals surface area contributed by atoms with E-state index in [4.69, 9.17) is 5.84 Å². The molecule has 2 aromatic rings. The minimum absolute atomic E-state index is 0.0411. The number of aryl methyl sites for hydroxylation is 2. The summed E-state index contributed by atoms with van der Waals surface area (Å²) in [4.78, 5) is 4.38. The Morgan fingerprint density at radius 1 is 1.24 bits per heavy atom. The SMILES string of the molecule is Cc1ccc(C(Cc2ncnn2CC(C)C)NN)cc1C. The lowest BCUT2D eigenvalue weighted by atomic mass is 9.99. The van der Waals surface area contributed by atoms with Crippen molar-refractivity contribution in [1.29, 1.82) is 0 Å². The van der Waals surface area contributed by atoms with Gasteiger partial charge in [-0.3, -0.25) is 11.3 Å². The predicted molar refractivity (Wildman–Crippen MR) is 84.5 cm³/mol. The van der Waals surface area contributed by atoms with Gasteiger partial charge in [-0.1, -0.05) is 32.0 Å². The molecule has 0 aliphatic carbocycles. The Labute approximate surface area is 126 Å². The first-order valence-electron chi connectivity index (χ1n) is 7.41. The van der Waals surface area contributed by atoms with E-state index in [-0.39, 0.29) is 6.04 Å². The lowest BCUT2D eigenvalue weighted by molar-refractivity contribution is 0.446. The zero-order valence-electron chi connectivity index (χ0n) is 13.3. The quantitative estimate of drug-likeness (QED) is 0.632. The molecule has 0 saturated carbocycles. The Morgan fingerprint density at radius 3 is 2.62 bits per heavy atom. The fourth-order valence-electron chi connectivity index (χ4n) is 2.38. The van der Waals surface area contributed by atoms with Gasteiger partial charge in [-0.2, -0.15) is 5.10 Å². The van der Waals surface area contributed by atoms with Crippen LogP contribution in [0.3, 0.4) is 0 Å². The van der Waals surface area contributed by atoms with Gasteiger partial charge in [0, 0.05) is 13.0 Å². The summed E-state index contributed by atoms with van der Waals surface area (Å²) in [6, 6.07) is 6.48. The Bertz CT molecular complexity index is 588. The van der Waals surface area contributed by atoms with Gasteiger partial charge in [-0.05, 0) is 36.5 Å². The van der Waals surface area contributed by atoms with Crippen molar-refractivity contribution in [3.8, 4) is 0 Å². The zero-order chi connectivity index (χ0) is 15.4. The van der Waals surface area contributed by atoms with Crippen LogP contribution >= 0.6 is 0 Å². The maximum absolute atomic E-state index is 5.75. The van der Waals surface area contributed by atoms with E-state index >= 15 is 0 Å². The fourth-order valence-corrected chi connectivity index (χ4v) is 2.38. The number of nitrogens with zero attached hydrogens (tertiary/aromatic N) is 3. The van der Waals surface area contributed by atoms with Crippen LogP contribution in [-0.4, -0.2) is 14.8 Å². The normalized spacial score (nSPS) is 12.9. The van der Waals surface area contributed by atoms with Gasteiger partial charge in [-0.25, -0.2) is 9.67 Å². The lowest BCUT2D eigenvalue weighted by Gasteiger charge is -2.18. The lowest BCUT2D eigenvalue weighted by Crippen LogP contribution is -2.30. The number of rotatable bonds is 6. The van der Waals surface area contributed by atoms with Crippen LogP contribution in [0.2, 0.25) is 0 Å². The summed E-state index contributed by atoms with van der Waals surface area (Å²) in [7, 11) is 0. The summed E-state index contributed by atoms with van der Waals surface area (Å²) in [6.45, 7) is 9.46. The highest BCUT2D eigenvalue weighted by atomic mass is 15.3. The van der Waals surface area contributed by atoms with Crippen molar-refractivity contribution >= 4 is 0 Å². The number of aromatic nitrogens is 3. The fraction of sp³-hybridized carbons (Fsp3) is 0.500. The molecule has 3 N–H and O–H groups in total. The topological polar surface area (TPSA) is 68.8 Å². The molecule has 0 saturated heterocycles. The highest BCUT2D eigenvalue weighted by molar-refractivity contribution is 5.32. The monoisotopic (exact) mass is 287 g/mol. The van der Waals surface area contributed by atoms with Crippen LogP contribution in [0.15, 0.2) is 24.5 Å². The third kappa shape index (κ3) is 3.89. The van der Waals surface area contributed by atoms with E-state index in [1.807, 2.05) is 4.68 Å². The molecular weight excluding hydrogens is 262 g/mol. The molecule has 0 fully saturated rings. The van der Waals surface area contributed by atoms with Crippen molar-refractivity contribution in [1.82, 2.24) is 20.2 Å². The standard InChI is InChI=1S/C16H25N5/c1-11(2)9-21-16(18-10-19-21)8-15(20-17)14-6-5-12(3)13(4)7-14/h5-7,10-11,15,20H,8-9,17H2,1-4H3. The van der Waals surface area contributed by atoms with E-state index < -0.39 is 0 Å². The summed E-state index contributed by atoms with van der Waals surface area (Å²) in [5.74, 6) is 7.25. The van der Waals surface area contributed by atoms with Crippen LogP contribution in [0.25, 0.3) is 0 Å². The Balaban J connectivity index is 2.19. The number of benzene rings is 1. The van der Waals surface area contributed by atoms with E-state index in [1.165, 1.54) is 16.7 Å². The van der Waals surface area contributed by atoms with Crippen LogP contribution in [0, 0.1) is 19.8 Å². The number of hydrogen-bond acceptors (Lipinski definition) is 4. The highest BCUT2D eigenvalue weighted by Crippen LogP contribution is 2.20. The van der Waals surface area contributed by atoms with Crippen molar-refractivity contribution in [2.45, 2.75) is 46.7 Å². The number of hydrogen-bond donors (Lipinski definition) is 2. The number of nitrogens with one attached hydrogen (secondary N) is 1. The van der Waals surface area contributed by atoms with E-state index in [1.54, 1.807) is 6.33 Å². The molecule has 1 heterocycles. The summed E-state index contributed by atoms with van der Waals surface area (Å²) >= 11 is 0. The molecule has 2 rings (SSSR count). The van der Waals surface area contributed by atoms with Gasteiger partial charge in [0.05, 0.1) is 6.04 Å². The smallest absolute Gasteiger partial charge is 0.138 e. The average molecular weight is 287 g/mol. The van der Waals surface area contributed by atoms with Gasteiger partial charge in [0.25, 0.3) is 0 Å². The molecule has 0 aliphatic rings. The van der Waals surface area contributed by atoms with Gasteiger partial charge in [-0.15, -0.1) is 0 Å². The first-order valence-corrected chi connectivity index (χ1v) is 7.41. The van der Waals surface area contributed by atoms with Gasteiger partial charge in [0.1, 0.15) is 12.2 Å². The number of hydrazine groups is 1. The van der Waals surface area contributed by atoms with Crippen LogP contribution in [0.1, 0.15) is 42.4 Å². The largest absolute Gasteiger partial charge is 0.271 e. The zero-order valence-corrected chi connectivity index (χ0v) is 13.3. The van der Waals surface area contributed by atoms with E-state index in [0.29, 0.717) is 5.92 Å². The highest BCUT2D eigenvalue weighted by Gasteiger charge is 2.15. The second-order valence-electron chi connectivity index (χ2n) is 6.02. The van der Waals surface area contributed by atoms with Gasteiger partial charge in [0.2, 0.25) is 0 Å². The molecule has 0 bridgehead atoms. The predicted octanol–water partition coefficient (Wildman–Crippen LogP) is 2.30. The van der Waals surface area contributed by atoms with Crippen molar-refractivity contribution in [2.24, 2.45) is 11.8 Å². The molecule has 114 valence electrons. The van der Waals surface area contributed by atoms with Gasteiger partial charge in [0.15, 0.2) is 0 Å². The second kappa shape index (κ2) is 6.83. The average Bonchev–Trinajstić information content (AvgIpc) is 2.85. The van der Waals surface area contributed by atoms with Crippen LogP contribution < -0.4 is 11.3 Å². The van der Waals surface area contributed by atoms with Crippen LogP contribution in [-0.2, 0) is 13.0 Å². The number of nitrogens with two attached hydrogens (primary N) is 1. The maximum atomic E-state index is 5.75. The van der Waals surface area contributed by atoms with Crippen molar-refractivity contribution < 1.29 is 0 Å². The molecule has 1 aromatic heterocycles. The summed E-state index contributed by atoms with van der Waals surface area (Å²) in [6.07, 6.45) is 2.34. The third-order valence-electron chi connectivity index (χ3n) is 3.76. The molecule has 21 heavy (non-hydrogen) atoms. The summed E-state index contributed by atoms with van der Waals surface area (Å²) < 4.78 is 1.97. The Hall–Kier alpha value is -1.72. The van der Waals surface area contributed by atoms with E-state index in [0.717, 1.165) is 18.8 Å². The Morgan fingerprint density at radius 2 is 2.00 bits per heavy atom. The van der Waals surface area contributed by atoms with Crippen LogP contribution in [0.4, 0.5) is 0 Å². The molecule has 0 aliphatic heterocycles. The molecule has 0 amide bonds. The van der Waals surface area contributed by atoms with Crippen molar-refractivity contribution in [3.05, 3.63) is 47.0 Å². The molecule has 0 spiro atoms. The van der Waals surface area contributed by atoms with E-state index in [2.05, 4.69) is 61.4 Å². The minimum Gasteiger partial charge on any atom is -0.271 e.